The Labute approximate surface area is 135 Å². The van der Waals surface area contributed by atoms with E-state index in [2.05, 4.69) is 11.1 Å². The number of nitrogens with zero attached hydrogens (tertiary/aromatic N) is 2. The average molecular weight is 318 g/mol. The minimum atomic E-state index is -0.951. The number of hydrogen-bond donors (Lipinski definition) is 0. The lowest BCUT2D eigenvalue weighted by atomic mass is 10.0. The zero-order chi connectivity index (χ0) is 15.8. The fraction of sp³-hybridized carbons (Fsp3) is 0.0556. The van der Waals surface area contributed by atoms with Gasteiger partial charge in [0.15, 0.2) is 11.7 Å². The number of aromatic nitrogens is 1. The first-order chi connectivity index (χ1) is 11.3. The highest BCUT2D eigenvalue weighted by atomic mass is 32.1. The average Bonchev–Trinajstić information content (AvgIpc) is 3.19. The second kappa shape index (κ2) is 5.34. The molecule has 0 aliphatic heterocycles. The van der Waals surface area contributed by atoms with Crippen molar-refractivity contribution in [3.05, 3.63) is 65.4 Å². The Balaban J connectivity index is 1.76. The van der Waals surface area contributed by atoms with Crippen LogP contribution in [0.5, 0.6) is 0 Å². The molecule has 110 valence electrons. The van der Waals surface area contributed by atoms with Gasteiger partial charge in [-0.15, -0.1) is 11.3 Å². The van der Waals surface area contributed by atoms with Crippen LogP contribution >= 0.6 is 11.3 Å². The van der Waals surface area contributed by atoms with Crippen molar-refractivity contribution in [3.8, 4) is 6.07 Å². The number of hydrogen-bond acceptors (Lipinski definition) is 5. The van der Waals surface area contributed by atoms with E-state index in [-0.39, 0.29) is 11.5 Å². The first kappa shape index (κ1) is 13.7. The standard InChI is InChI=1S/C18H10N2O2S/c19-10-12(18-20-13-6-2-4-8-16(13)23-18)17(21)15-9-11-5-1-3-7-14(11)22-15/h1-9,12H/t12-/m1/s1. The zero-order valence-corrected chi connectivity index (χ0v) is 12.7. The van der Waals surface area contributed by atoms with E-state index in [4.69, 9.17) is 4.42 Å². The van der Waals surface area contributed by atoms with Crippen LogP contribution in [0.2, 0.25) is 0 Å². The molecule has 5 heteroatoms. The minimum Gasteiger partial charge on any atom is -0.453 e. The van der Waals surface area contributed by atoms with Crippen molar-refractivity contribution in [1.29, 1.82) is 5.26 Å². The van der Waals surface area contributed by atoms with Crippen LogP contribution in [-0.4, -0.2) is 10.8 Å². The lowest BCUT2D eigenvalue weighted by Gasteiger charge is -2.01. The van der Waals surface area contributed by atoms with E-state index in [9.17, 15) is 10.1 Å². The first-order valence-electron chi connectivity index (χ1n) is 7.04. The summed E-state index contributed by atoms with van der Waals surface area (Å²) in [4.78, 5) is 17.1. The molecule has 0 unspecified atom stereocenters. The molecular weight excluding hydrogens is 308 g/mol. The molecule has 0 N–H and O–H groups in total. The van der Waals surface area contributed by atoms with Crippen LogP contribution in [0.3, 0.4) is 0 Å². The third-order valence-electron chi connectivity index (χ3n) is 3.62. The maximum atomic E-state index is 12.7. The third-order valence-corrected chi connectivity index (χ3v) is 4.72. The maximum absolute atomic E-state index is 12.7. The molecule has 0 saturated carbocycles. The molecule has 4 rings (SSSR count). The highest BCUT2D eigenvalue weighted by Gasteiger charge is 2.28. The van der Waals surface area contributed by atoms with Gasteiger partial charge in [-0.25, -0.2) is 4.98 Å². The molecule has 4 nitrogen and oxygen atoms in total. The van der Waals surface area contributed by atoms with Gasteiger partial charge in [-0.3, -0.25) is 4.79 Å². The van der Waals surface area contributed by atoms with Gasteiger partial charge in [0.2, 0.25) is 5.78 Å². The molecule has 23 heavy (non-hydrogen) atoms. The second-order valence-electron chi connectivity index (χ2n) is 5.09. The van der Waals surface area contributed by atoms with Crippen LogP contribution in [-0.2, 0) is 0 Å². The molecule has 0 saturated heterocycles. The van der Waals surface area contributed by atoms with Crippen LogP contribution < -0.4 is 0 Å². The minimum absolute atomic E-state index is 0.192. The van der Waals surface area contributed by atoms with E-state index >= 15 is 0 Å². The van der Waals surface area contributed by atoms with Gasteiger partial charge in [-0.2, -0.15) is 5.26 Å². The van der Waals surface area contributed by atoms with Crippen molar-refractivity contribution >= 4 is 38.3 Å². The number of furan rings is 1. The van der Waals surface area contributed by atoms with Gasteiger partial charge < -0.3 is 4.42 Å². The number of benzene rings is 2. The van der Waals surface area contributed by atoms with Crippen molar-refractivity contribution in [3.63, 3.8) is 0 Å². The van der Waals surface area contributed by atoms with Crippen molar-refractivity contribution in [2.45, 2.75) is 5.92 Å². The van der Waals surface area contributed by atoms with E-state index < -0.39 is 5.92 Å². The molecule has 0 spiro atoms. The summed E-state index contributed by atoms with van der Waals surface area (Å²) in [6.45, 7) is 0. The Morgan fingerprint density at radius 1 is 1.17 bits per heavy atom. The Hall–Kier alpha value is -2.97. The molecule has 2 heterocycles. The van der Waals surface area contributed by atoms with Gasteiger partial charge in [0.1, 0.15) is 10.6 Å². The van der Waals surface area contributed by atoms with E-state index in [1.165, 1.54) is 11.3 Å². The Morgan fingerprint density at radius 2 is 1.96 bits per heavy atom. The van der Waals surface area contributed by atoms with Crippen LogP contribution in [0, 0.1) is 11.3 Å². The highest BCUT2D eigenvalue weighted by Crippen LogP contribution is 2.30. The Bertz CT molecular complexity index is 1010. The van der Waals surface area contributed by atoms with E-state index in [1.807, 2.05) is 42.5 Å². The fourth-order valence-corrected chi connectivity index (χ4v) is 3.50. The molecule has 0 fully saturated rings. The van der Waals surface area contributed by atoms with Crippen LogP contribution in [0.25, 0.3) is 21.2 Å². The molecule has 0 bridgehead atoms. The first-order valence-corrected chi connectivity index (χ1v) is 7.86. The predicted molar refractivity (Wildman–Crippen MR) is 88.5 cm³/mol. The summed E-state index contributed by atoms with van der Waals surface area (Å²) in [5.74, 6) is -1.12. The summed E-state index contributed by atoms with van der Waals surface area (Å²) in [6.07, 6.45) is 0. The van der Waals surface area contributed by atoms with Gasteiger partial charge in [0.25, 0.3) is 0 Å². The molecule has 1 atom stereocenters. The monoisotopic (exact) mass is 318 g/mol. The largest absolute Gasteiger partial charge is 0.453 e. The zero-order valence-electron chi connectivity index (χ0n) is 11.9. The Kier molecular flexibility index (Phi) is 3.18. The summed E-state index contributed by atoms with van der Waals surface area (Å²) in [7, 11) is 0. The summed E-state index contributed by atoms with van der Waals surface area (Å²) < 4.78 is 6.54. The van der Waals surface area contributed by atoms with Crippen molar-refractivity contribution in [1.82, 2.24) is 4.98 Å². The molecule has 0 amide bonds. The number of carbonyl (C=O) groups is 1. The van der Waals surface area contributed by atoms with Crippen molar-refractivity contribution in [2.24, 2.45) is 0 Å². The van der Waals surface area contributed by atoms with Gasteiger partial charge in [-0.1, -0.05) is 30.3 Å². The van der Waals surface area contributed by atoms with Crippen LogP contribution in [0.4, 0.5) is 0 Å². The molecule has 0 radical (unpaired) electrons. The summed E-state index contributed by atoms with van der Waals surface area (Å²) in [5, 5.41) is 10.8. The van der Waals surface area contributed by atoms with E-state index in [1.54, 1.807) is 12.1 Å². The highest BCUT2D eigenvalue weighted by molar-refractivity contribution is 7.18. The van der Waals surface area contributed by atoms with Crippen molar-refractivity contribution < 1.29 is 9.21 Å². The van der Waals surface area contributed by atoms with Crippen molar-refractivity contribution in [2.75, 3.05) is 0 Å². The molecule has 4 aromatic rings. The van der Waals surface area contributed by atoms with Gasteiger partial charge in [0, 0.05) is 5.39 Å². The smallest absolute Gasteiger partial charge is 0.222 e. The summed E-state index contributed by atoms with van der Waals surface area (Å²) >= 11 is 1.36. The number of carbonyl (C=O) groups excluding carboxylic acids is 1. The molecule has 0 aliphatic rings. The molecular formula is C18H10N2O2S. The van der Waals surface area contributed by atoms with Crippen LogP contribution in [0.15, 0.2) is 59.0 Å². The number of fused-ring (bicyclic) bond motifs is 2. The molecule has 2 aromatic heterocycles. The quantitative estimate of drug-likeness (QED) is 0.520. The fourth-order valence-electron chi connectivity index (χ4n) is 2.49. The van der Waals surface area contributed by atoms with E-state index in [0.29, 0.717) is 10.6 Å². The summed E-state index contributed by atoms with van der Waals surface area (Å²) in [6, 6.07) is 18.7. The number of thiazole rings is 1. The number of rotatable bonds is 3. The molecule has 0 aliphatic carbocycles. The SMILES string of the molecule is N#C[C@H](C(=O)c1cc2ccccc2o1)c1nc2ccccc2s1. The number of nitriles is 1. The van der Waals surface area contributed by atoms with Gasteiger partial charge in [0.05, 0.1) is 16.3 Å². The second-order valence-corrected chi connectivity index (χ2v) is 6.16. The summed E-state index contributed by atoms with van der Waals surface area (Å²) in [5.41, 5.74) is 1.43. The molecule has 2 aromatic carbocycles. The topological polar surface area (TPSA) is 66.9 Å². The normalized spacial score (nSPS) is 12.3. The Morgan fingerprint density at radius 3 is 2.74 bits per heavy atom. The number of Topliss-reactive ketones (excluding diaryl/α,β-unsaturated/α-hetero) is 1. The van der Waals surface area contributed by atoms with Gasteiger partial charge >= 0.3 is 0 Å². The van der Waals surface area contributed by atoms with E-state index in [0.717, 1.165) is 15.6 Å². The van der Waals surface area contributed by atoms with Gasteiger partial charge in [-0.05, 0) is 24.3 Å². The number of ketones is 1. The lowest BCUT2D eigenvalue weighted by molar-refractivity contribution is 0.0954. The maximum Gasteiger partial charge on any atom is 0.222 e. The lowest BCUT2D eigenvalue weighted by Crippen LogP contribution is -2.10. The van der Waals surface area contributed by atoms with Crippen LogP contribution in [0.1, 0.15) is 21.5 Å². The third kappa shape index (κ3) is 2.30. The predicted octanol–water partition coefficient (Wildman–Crippen LogP) is 4.53. The number of para-hydroxylation sites is 2.